The van der Waals surface area contributed by atoms with E-state index in [1.807, 2.05) is 0 Å². The van der Waals surface area contributed by atoms with E-state index in [0.29, 0.717) is 13.1 Å². The summed E-state index contributed by atoms with van der Waals surface area (Å²) < 4.78 is 4.52. The summed E-state index contributed by atoms with van der Waals surface area (Å²) in [4.78, 5) is 12.5. The van der Waals surface area contributed by atoms with E-state index >= 15 is 0 Å². The van der Waals surface area contributed by atoms with Crippen LogP contribution >= 0.6 is 11.9 Å². The van der Waals surface area contributed by atoms with Crippen molar-refractivity contribution in [3.05, 3.63) is 0 Å². The standard InChI is InChI=1S/C4H8N2O2S/c7-3-8-1-4-2-9-6-5-4/h3-6H,1-2H2. The number of carbonyl (C=O) groups is 1. The molecule has 1 atom stereocenters. The molecule has 1 aliphatic rings. The van der Waals surface area contributed by atoms with Crippen LogP contribution in [0.2, 0.25) is 0 Å². The highest BCUT2D eigenvalue weighted by molar-refractivity contribution is 7.97. The fourth-order valence-electron chi connectivity index (χ4n) is 0.554. The number of hydrogen-bond acceptors (Lipinski definition) is 5. The van der Waals surface area contributed by atoms with Crippen molar-refractivity contribution in [2.24, 2.45) is 0 Å². The smallest absolute Gasteiger partial charge is 0.293 e. The summed E-state index contributed by atoms with van der Waals surface area (Å²) in [6, 6.07) is 0.264. The van der Waals surface area contributed by atoms with Crippen molar-refractivity contribution in [1.82, 2.24) is 10.3 Å². The second-order valence-corrected chi connectivity index (χ2v) is 2.51. The second-order valence-electron chi connectivity index (χ2n) is 1.68. The number of ether oxygens (including phenoxy) is 1. The molecule has 0 spiro atoms. The van der Waals surface area contributed by atoms with Gasteiger partial charge in [-0.05, 0) is 0 Å². The lowest BCUT2D eigenvalue weighted by Gasteiger charge is -2.04. The molecule has 9 heavy (non-hydrogen) atoms. The fourth-order valence-corrected chi connectivity index (χ4v) is 1.27. The van der Waals surface area contributed by atoms with E-state index in [2.05, 4.69) is 15.0 Å². The zero-order valence-electron chi connectivity index (χ0n) is 4.79. The predicted octanol–water partition coefficient (Wildman–Crippen LogP) is -0.716. The third-order valence-electron chi connectivity index (χ3n) is 0.985. The van der Waals surface area contributed by atoms with Gasteiger partial charge in [0.1, 0.15) is 6.61 Å². The Balaban J connectivity index is 2.04. The third-order valence-corrected chi connectivity index (χ3v) is 1.82. The molecule has 0 aromatic rings. The van der Waals surface area contributed by atoms with Gasteiger partial charge in [0.2, 0.25) is 0 Å². The predicted molar refractivity (Wildman–Crippen MR) is 34.5 cm³/mol. The Morgan fingerprint density at radius 2 is 2.78 bits per heavy atom. The maximum absolute atomic E-state index is 9.68. The van der Waals surface area contributed by atoms with Crippen molar-refractivity contribution >= 4 is 18.4 Å². The van der Waals surface area contributed by atoms with Crippen molar-refractivity contribution in [3.63, 3.8) is 0 Å². The summed E-state index contributed by atoms with van der Waals surface area (Å²) in [6.45, 7) is 0.911. The molecule has 0 saturated carbocycles. The second kappa shape index (κ2) is 3.71. The van der Waals surface area contributed by atoms with Crippen molar-refractivity contribution in [2.75, 3.05) is 12.4 Å². The van der Waals surface area contributed by atoms with Gasteiger partial charge < -0.3 is 4.74 Å². The third kappa shape index (κ3) is 2.21. The monoisotopic (exact) mass is 148 g/mol. The van der Waals surface area contributed by atoms with Crippen molar-refractivity contribution in [1.29, 1.82) is 0 Å². The Morgan fingerprint density at radius 1 is 1.89 bits per heavy atom. The molecule has 1 heterocycles. The first-order valence-corrected chi connectivity index (χ1v) is 3.59. The minimum atomic E-state index is 0.264. The maximum atomic E-state index is 9.68. The Labute approximate surface area is 57.4 Å². The summed E-state index contributed by atoms with van der Waals surface area (Å²) in [5.41, 5.74) is 2.92. The minimum absolute atomic E-state index is 0.264. The average Bonchev–Trinajstić information content (AvgIpc) is 2.34. The molecule has 0 aromatic heterocycles. The van der Waals surface area contributed by atoms with Crippen LogP contribution in [0.5, 0.6) is 0 Å². The summed E-state index contributed by atoms with van der Waals surface area (Å²) in [7, 11) is 0. The molecule has 1 fully saturated rings. The lowest BCUT2D eigenvalue weighted by atomic mass is 10.4. The first-order valence-electron chi connectivity index (χ1n) is 2.61. The average molecular weight is 148 g/mol. The molecular formula is C4H8N2O2S. The molecule has 0 aliphatic carbocycles. The molecule has 5 heteroatoms. The Bertz CT molecular complexity index is 94.6. The maximum Gasteiger partial charge on any atom is 0.293 e. The SMILES string of the molecule is O=COCC1CSNN1. The van der Waals surface area contributed by atoms with Crippen LogP contribution in [0.25, 0.3) is 0 Å². The van der Waals surface area contributed by atoms with E-state index in [-0.39, 0.29) is 6.04 Å². The van der Waals surface area contributed by atoms with Crippen molar-refractivity contribution in [3.8, 4) is 0 Å². The zero-order valence-corrected chi connectivity index (χ0v) is 5.61. The van der Waals surface area contributed by atoms with E-state index in [1.54, 1.807) is 11.9 Å². The van der Waals surface area contributed by atoms with E-state index in [4.69, 9.17) is 0 Å². The molecule has 1 rings (SSSR count). The largest absolute Gasteiger partial charge is 0.466 e. The van der Waals surface area contributed by atoms with Crippen LogP contribution in [0.4, 0.5) is 0 Å². The van der Waals surface area contributed by atoms with Crippen LogP contribution in [0, 0.1) is 0 Å². The van der Waals surface area contributed by atoms with Gasteiger partial charge in [-0.2, -0.15) is 0 Å². The molecule has 0 bridgehead atoms. The first kappa shape index (κ1) is 6.85. The molecular weight excluding hydrogens is 140 g/mol. The number of hydrogen-bond donors (Lipinski definition) is 2. The number of hydrazine groups is 1. The Kier molecular flexibility index (Phi) is 2.82. The summed E-state index contributed by atoms with van der Waals surface area (Å²) in [6.07, 6.45) is 0. The van der Waals surface area contributed by atoms with Gasteiger partial charge in [0.15, 0.2) is 0 Å². The highest BCUT2D eigenvalue weighted by Gasteiger charge is 2.13. The van der Waals surface area contributed by atoms with Gasteiger partial charge in [-0.3, -0.25) is 4.79 Å². The van der Waals surface area contributed by atoms with Gasteiger partial charge >= 0.3 is 0 Å². The molecule has 2 N–H and O–H groups in total. The van der Waals surface area contributed by atoms with Crippen LogP contribution in [-0.4, -0.2) is 24.9 Å². The van der Waals surface area contributed by atoms with Gasteiger partial charge in [0.05, 0.1) is 6.04 Å². The van der Waals surface area contributed by atoms with Gasteiger partial charge in [-0.15, -0.1) is 0 Å². The quantitative estimate of drug-likeness (QED) is 0.409. The lowest BCUT2D eigenvalue weighted by Crippen LogP contribution is -2.33. The molecule has 1 unspecified atom stereocenters. The van der Waals surface area contributed by atoms with Crippen molar-refractivity contribution in [2.45, 2.75) is 6.04 Å². The number of rotatable bonds is 3. The highest BCUT2D eigenvalue weighted by atomic mass is 32.2. The fraction of sp³-hybridized carbons (Fsp3) is 0.750. The van der Waals surface area contributed by atoms with E-state index in [9.17, 15) is 4.79 Å². The van der Waals surface area contributed by atoms with Crippen LogP contribution in [0.1, 0.15) is 0 Å². The van der Waals surface area contributed by atoms with Gasteiger partial charge in [-0.1, -0.05) is 11.9 Å². The van der Waals surface area contributed by atoms with E-state index in [1.165, 1.54) is 0 Å². The topological polar surface area (TPSA) is 50.4 Å². The summed E-state index contributed by atoms with van der Waals surface area (Å²) in [5, 5.41) is 0. The van der Waals surface area contributed by atoms with Crippen LogP contribution in [-0.2, 0) is 9.53 Å². The molecule has 4 nitrogen and oxygen atoms in total. The molecule has 52 valence electrons. The number of carbonyl (C=O) groups excluding carboxylic acids is 1. The number of nitrogens with one attached hydrogen (secondary N) is 2. The van der Waals surface area contributed by atoms with Crippen molar-refractivity contribution < 1.29 is 9.53 Å². The van der Waals surface area contributed by atoms with E-state index in [0.717, 1.165) is 5.75 Å². The summed E-state index contributed by atoms with van der Waals surface area (Å²) in [5.74, 6) is 0.938. The normalized spacial score (nSPS) is 26.0. The zero-order chi connectivity index (χ0) is 6.53. The van der Waals surface area contributed by atoms with Crippen LogP contribution in [0.15, 0.2) is 0 Å². The molecule has 0 amide bonds. The molecule has 0 aromatic carbocycles. The van der Waals surface area contributed by atoms with Gasteiger partial charge in [0, 0.05) is 5.75 Å². The van der Waals surface area contributed by atoms with Gasteiger partial charge in [-0.25, -0.2) is 10.3 Å². The summed E-state index contributed by atoms with van der Waals surface area (Å²) >= 11 is 1.58. The Hall–Kier alpha value is -0.260. The molecule has 1 aliphatic heterocycles. The van der Waals surface area contributed by atoms with Gasteiger partial charge in [0.25, 0.3) is 6.47 Å². The minimum Gasteiger partial charge on any atom is -0.466 e. The van der Waals surface area contributed by atoms with Crippen LogP contribution < -0.4 is 10.3 Å². The molecule has 0 radical (unpaired) electrons. The molecule has 1 saturated heterocycles. The van der Waals surface area contributed by atoms with Crippen LogP contribution in [0.3, 0.4) is 0 Å². The Morgan fingerprint density at radius 3 is 3.33 bits per heavy atom. The van der Waals surface area contributed by atoms with E-state index < -0.39 is 0 Å². The highest BCUT2D eigenvalue weighted by Crippen LogP contribution is 2.02. The first-order chi connectivity index (χ1) is 4.43. The lowest BCUT2D eigenvalue weighted by molar-refractivity contribution is -0.129.